The molecule has 0 radical (unpaired) electrons. The third-order valence-electron chi connectivity index (χ3n) is 5.83. The van der Waals surface area contributed by atoms with Gasteiger partial charge in [0.2, 0.25) is 0 Å². The molecule has 0 aliphatic carbocycles. The SMILES string of the molecule is CCc1ccc(C(=O)Nc2cccnc2C(=O)NCC2CCCCN2)c2ccccc12. The largest absolute Gasteiger partial charge is 0.349 e. The predicted octanol–water partition coefficient (Wildman–Crippen LogP) is 3.92. The maximum Gasteiger partial charge on any atom is 0.272 e. The Morgan fingerprint density at radius 1 is 1.03 bits per heavy atom. The number of fused-ring (bicyclic) bond motifs is 1. The molecule has 2 aromatic carbocycles. The van der Waals surface area contributed by atoms with Gasteiger partial charge in [-0.1, -0.05) is 43.7 Å². The van der Waals surface area contributed by atoms with Gasteiger partial charge in [0.15, 0.2) is 5.69 Å². The summed E-state index contributed by atoms with van der Waals surface area (Å²) in [6.07, 6.45) is 5.85. The lowest BCUT2D eigenvalue weighted by atomic mass is 9.97. The second kappa shape index (κ2) is 9.71. The second-order valence-corrected chi connectivity index (χ2v) is 7.88. The van der Waals surface area contributed by atoms with Crippen LogP contribution in [0.3, 0.4) is 0 Å². The lowest BCUT2D eigenvalue weighted by Crippen LogP contribution is -2.43. The van der Waals surface area contributed by atoms with Crippen LogP contribution in [0.2, 0.25) is 0 Å². The average Bonchev–Trinajstić information content (AvgIpc) is 2.82. The van der Waals surface area contributed by atoms with E-state index in [9.17, 15) is 9.59 Å². The average molecular weight is 417 g/mol. The summed E-state index contributed by atoms with van der Waals surface area (Å²) >= 11 is 0. The molecule has 3 N–H and O–H groups in total. The van der Waals surface area contributed by atoms with E-state index in [1.54, 1.807) is 18.3 Å². The van der Waals surface area contributed by atoms with Gasteiger partial charge in [-0.2, -0.15) is 0 Å². The van der Waals surface area contributed by atoms with Crippen LogP contribution in [0.15, 0.2) is 54.7 Å². The normalized spacial score (nSPS) is 16.1. The molecule has 160 valence electrons. The van der Waals surface area contributed by atoms with Crippen LogP contribution in [-0.2, 0) is 6.42 Å². The van der Waals surface area contributed by atoms with Gasteiger partial charge in [0.25, 0.3) is 11.8 Å². The first kappa shape index (κ1) is 21.0. The third-order valence-corrected chi connectivity index (χ3v) is 5.83. The number of carbonyl (C=O) groups is 2. The first-order chi connectivity index (χ1) is 15.2. The first-order valence-electron chi connectivity index (χ1n) is 11.0. The highest BCUT2D eigenvalue weighted by Crippen LogP contribution is 2.24. The molecule has 1 unspecified atom stereocenters. The lowest BCUT2D eigenvalue weighted by Gasteiger charge is -2.23. The summed E-state index contributed by atoms with van der Waals surface area (Å²) < 4.78 is 0. The van der Waals surface area contributed by atoms with Crippen molar-refractivity contribution in [1.29, 1.82) is 0 Å². The molecule has 3 aromatic rings. The number of rotatable bonds is 6. The Bertz CT molecular complexity index is 1090. The van der Waals surface area contributed by atoms with Crippen LogP contribution in [0, 0.1) is 0 Å². The van der Waals surface area contributed by atoms with Crippen molar-refractivity contribution in [3.63, 3.8) is 0 Å². The van der Waals surface area contributed by atoms with Crippen LogP contribution in [0.5, 0.6) is 0 Å². The van der Waals surface area contributed by atoms with Crippen LogP contribution in [0.25, 0.3) is 10.8 Å². The van der Waals surface area contributed by atoms with Gasteiger partial charge >= 0.3 is 0 Å². The summed E-state index contributed by atoms with van der Waals surface area (Å²) in [6, 6.07) is 15.4. The van der Waals surface area contributed by atoms with Crippen molar-refractivity contribution in [3.05, 3.63) is 71.5 Å². The van der Waals surface area contributed by atoms with Gasteiger partial charge in [-0.3, -0.25) is 9.59 Å². The van der Waals surface area contributed by atoms with Gasteiger partial charge in [0.05, 0.1) is 5.69 Å². The maximum atomic E-state index is 13.1. The fraction of sp³-hybridized carbons (Fsp3) is 0.320. The lowest BCUT2D eigenvalue weighted by molar-refractivity contribution is 0.0943. The highest BCUT2D eigenvalue weighted by atomic mass is 16.2. The molecule has 1 atom stereocenters. The quantitative estimate of drug-likeness (QED) is 0.569. The van der Waals surface area contributed by atoms with Gasteiger partial charge in [0.1, 0.15) is 0 Å². The molecule has 6 nitrogen and oxygen atoms in total. The number of nitrogens with zero attached hydrogens (tertiary/aromatic N) is 1. The number of amides is 2. The van der Waals surface area contributed by atoms with E-state index in [0.29, 0.717) is 17.8 Å². The topological polar surface area (TPSA) is 83.1 Å². The minimum atomic E-state index is -0.283. The zero-order valence-electron chi connectivity index (χ0n) is 17.8. The highest BCUT2D eigenvalue weighted by Gasteiger charge is 2.19. The van der Waals surface area contributed by atoms with Gasteiger partial charge in [-0.05, 0) is 60.3 Å². The van der Waals surface area contributed by atoms with Crippen molar-refractivity contribution in [2.45, 2.75) is 38.6 Å². The summed E-state index contributed by atoms with van der Waals surface area (Å²) in [5.74, 6) is -0.538. The molecular weight excluding hydrogens is 388 g/mol. The fourth-order valence-corrected chi connectivity index (χ4v) is 4.14. The molecule has 1 saturated heterocycles. The van der Waals surface area contributed by atoms with Crippen molar-refractivity contribution in [2.75, 3.05) is 18.4 Å². The van der Waals surface area contributed by atoms with Crippen molar-refractivity contribution in [3.8, 4) is 0 Å². The van der Waals surface area contributed by atoms with E-state index in [1.807, 2.05) is 36.4 Å². The summed E-state index contributed by atoms with van der Waals surface area (Å²) in [5.41, 5.74) is 2.41. The van der Waals surface area contributed by atoms with E-state index in [2.05, 4.69) is 27.9 Å². The number of nitrogens with one attached hydrogen (secondary N) is 3. The summed E-state index contributed by atoms with van der Waals surface area (Å²) in [4.78, 5) is 30.1. The Hall–Kier alpha value is -3.25. The molecule has 4 rings (SSSR count). The van der Waals surface area contributed by atoms with Crippen molar-refractivity contribution < 1.29 is 9.59 Å². The number of aromatic nitrogens is 1. The van der Waals surface area contributed by atoms with E-state index in [0.717, 1.165) is 30.2 Å². The molecule has 2 heterocycles. The van der Waals surface area contributed by atoms with Gasteiger partial charge in [0, 0.05) is 24.3 Å². The minimum absolute atomic E-state index is 0.223. The number of pyridine rings is 1. The van der Waals surface area contributed by atoms with E-state index in [-0.39, 0.29) is 23.6 Å². The fourth-order valence-electron chi connectivity index (χ4n) is 4.14. The third kappa shape index (κ3) is 4.75. The number of hydrogen-bond donors (Lipinski definition) is 3. The molecule has 6 heteroatoms. The number of hydrogen-bond acceptors (Lipinski definition) is 4. The number of aryl methyl sites for hydroxylation is 1. The van der Waals surface area contributed by atoms with Crippen molar-refractivity contribution in [2.24, 2.45) is 0 Å². The summed E-state index contributed by atoms with van der Waals surface area (Å²) in [5, 5.41) is 11.2. The Morgan fingerprint density at radius 3 is 2.65 bits per heavy atom. The molecule has 1 aromatic heterocycles. The number of benzene rings is 2. The Morgan fingerprint density at radius 2 is 1.87 bits per heavy atom. The van der Waals surface area contributed by atoms with E-state index >= 15 is 0 Å². The van der Waals surface area contributed by atoms with Crippen LogP contribution < -0.4 is 16.0 Å². The maximum absolute atomic E-state index is 13.1. The Labute approximate surface area is 182 Å². The molecule has 31 heavy (non-hydrogen) atoms. The number of carbonyl (C=O) groups excluding carboxylic acids is 2. The van der Waals surface area contributed by atoms with Crippen molar-refractivity contribution in [1.82, 2.24) is 15.6 Å². The Balaban J connectivity index is 1.53. The number of anilines is 1. The molecule has 0 saturated carbocycles. The summed E-state index contributed by atoms with van der Waals surface area (Å²) in [7, 11) is 0. The van der Waals surface area contributed by atoms with Crippen molar-refractivity contribution >= 4 is 28.3 Å². The standard InChI is InChI=1S/C25H28N4O2/c1-2-17-12-13-21(20-10-4-3-9-19(17)20)24(30)29-22-11-7-15-27-23(22)25(31)28-16-18-8-5-6-14-26-18/h3-4,7,9-13,15,18,26H,2,5-6,8,14,16H2,1H3,(H,28,31)(H,29,30). The van der Waals surface area contributed by atoms with Crippen LogP contribution in [0.4, 0.5) is 5.69 Å². The zero-order valence-corrected chi connectivity index (χ0v) is 17.8. The molecule has 1 aliphatic rings. The molecule has 0 bridgehead atoms. The Kier molecular flexibility index (Phi) is 6.57. The van der Waals surface area contributed by atoms with Crippen LogP contribution >= 0.6 is 0 Å². The van der Waals surface area contributed by atoms with E-state index in [4.69, 9.17) is 0 Å². The van der Waals surface area contributed by atoms with Gasteiger partial charge in [-0.15, -0.1) is 0 Å². The molecule has 2 amide bonds. The van der Waals surface area contributed by atoms with Gasteiger partial charge in [-0.25, -0.2) is 4.98 Å². The van der Waals surface area contributed by atoms with E-state index < -0.39 is 0 Å². The molecule has 0 spiro atoms. The molecular formula is C25H28N4O2. The molecule has 1 fully saturated rings. The molecule has 1 aliphatic heterocycles. The summed E-state index contributed by atoms with van der Waals surface area (Å²) in [6.45, 7) is 3.63. The number of piperidine rings is 1. The first-order valence-corrected chi connectivity index (χ1v) is 11.0. The van der Waals surface area contributed by atoms with Crippen LogP contribution in [-0.4, -0.2) is 35.9 Å². The van der Waals surface area contributed by atoms with Gasteiger partial charge < -0.3 is 16.0 Å². The monoisotopic (exact) mass is 416 g/mol. The van der Waals surface area contributed by atoms with E-state index in [1.165, 1.54) is 18.4 Å². The second-order valence-electron chi connectivity index (χ2n) is 7.88. The highest BCUT2D eigenvalue weighted by molar-refractivity contribution is 6.15. The zero-order chi connectivity index (χ0) is 21.6. The minimum Gasteiger partial charge on any atom is -0.349 e. The smallest absolute Gasteiger partial charge is 0.272 e. The predicted molar refractivity (Wildman–Crippen MR) is 123 cm³/mol. The van der Waals surface area contributed by atoms with Crippen LogP contribution in [0.1, 0.15) is 52.6 Å².